The molecule has 3 N–H and O–H groups in total. The Balaban J connectivity index is 2.13. The van der Waals surface area contributed by atoms with Crippen molar-refractivity contribution in [1.82, 2.24) is 5.32 Å². The number of alkyl halides is 3. The first kappa shape index (κ1) is 15.7. The molecular weight excluding hydrogens is 281 g/mol. The molecule has 116 valence electrons. The quantitative estimate of drug-likeness (QED) is 0.816. The molecule has 1 aliphatic carbocycles. The zero-order valence-corrected chi connectivity index (χ0v) is 11.8. The second-order valence-corrected chi connectivity index (χ2v) is 5.56. The standard InChI is InChI=1S/C15H19F3N2O/c1-2-11(7-9-3-4-9)20-14(21)12-8-10(15(16,17)18)5-6-13(12)19/h5-6,8-9,11H,2-4,7,19H2,1H3,(H,20,21). The third-order valence-electron chi connectivity index (χ3n) is 3.77. The first-order valence-electron chi connectivity index (χ1n) is 7.08. The highest BCUT2D eigenvalue weighted by molar-refractivity contribution is 5.99. The molecule has 1 amide bonds. The highest BCUT2D eigenvalue weighted by Gasteiger charge is 2.32. The van der Waals surface area contributed by atoms with Gasteiger partial charge >= 0.3 is 6.18 Å². The minimum atomic E-state index is -4.49. The number of hydrogen-bond donors (Lipinski definition) is 2. The van der Waals surface area contributed by atoms with Crippen LogP contribution in [-0.4, -0.2) is 11.9 Å². The van der Waals surface area contributed by atoms with Crippen molar-refractivity contribution in [2.24, 2.45) is 5.92 Å². The number of carbonyl (C=O) groups is 1. The van der Waals surface area contributed by atoms with Gasteiger partial charge < -0.3 is 11.1 Å². The molecule has 1 aromatic rings. The number of hydrogen-bond acceptors (Lipinski definition) is 2. The van der Waals surface area contributed by atoms with Gasteiger partial charge in [-0.15, -0.1) is 0 Å². The van der Waals surface area contributed by atoms with Gasteiger partial charge in [0.2, 0.25) is 0 Å². The fourth-order valence-corrected chi connectivity index (χ4v) is 2.28. The molecule has 3 nitrogen and oxygen atoms in total. The topological polar surface area (TPSA) is 55.1 Å². The van der Waals surface area contributed by atoms with Gasteiger partial charge in [0.25, 0.3) is 5.91 Å². The van der Waals surface area contributed by atoms with Crippen LogP contribution in [0.15, 0.2) is 18.2 Å². The van der Waals surface area contributed by atoms with Gasteiger partial charge in [0.1, 0.15) is 0 Å². The van der Waals surface area contributed by atoms with E-state index < -0.39 is 17.6 Å². The summed E-state index contributed by atoms with van der Waals surface area (Å²) in [5, 5.41) is 2.79. The first-order valence-corrected chi connectivity index (χ1v) is 7.08. The number of carbonyl (C=O) groups excluding carboxylic acids is 1. The molecule has 0 aliphatic heterocycles. The minimum absolute atomic E-state index is 0.0149. The Morgan fingerprint density at radius 3 is 2.62 bits per heavy atom. The van der Waals surface area contributed by atoms with Gasteiger partial charge in [0.15, 0.2) is 0 Å². The molecule has 0 bridgehead atoms. The number of benzene rings is 1. The molecule has 0 saturated heterocycles. The number of nitrogen functional groups attached to an aromatic ring is 1. The smallest absolute Gasteiger partial charge is 0.398 e. The predicted octanol–water partition coefficient (Wildman–Crippen LogP) is 3.60. The third-order valence-corrected chi connectivity index (χ3v) is 3.77. The Kier molecular flexibility index (Phi) is 4.44. The molecule has 1 aliphatic rings. The van der Waals surface area contributed by atoms with Gasteiger partial charge in [-0.3, -0.25) is 4.79 Å². The zero-order valence-electron chi connectivity index (χ0n) is 11.8. The van der Waals surface area contributed by atoms with E-state index in [1.807, 2.05) is 6.92 Å². The average molecular weight is 300 g/mol. The molecule has 6 heteroatoms. The second-order valence-electron chi connectivity index (χ2n) is 5.56. The summed E-state index contributed by atoms with van der Waals surface area (Å²) in [6.45, 7) is 1.95. The summed E-state index contributed by atoms with van der Waals surface area (Å²) in [6.07, 6.45) is -0.529. The van der Waals surface area contributed by atoms with E-state index in [-0.39, 0.29) is 17.3 Å². The molecule has 0 spiro atoms. The van der Waals surface area contributed by atoms with E-state index in [9.17, 15) is 18.0 Å². The minimum Gasteiger partial charge on any atom is -0.398 e. The lowest BCUT2D eigenvalue weighted by Crippen LogP contribution is -2.35. The van der Waals surface area contributed by atoms with E-state index in [0.717, 1.165) is 43.9 Å². The van der Waals surface area contributed by atoms with Gasteiger partial charge in [-0.1, -0.05) is 19.8 Å². The summed E-state index contributed by atoms with van der Waals surface area (Å²) >= 11 is 0. The van der Waals surface area contributed by atoms with Gasteiger partial charge in [0, 0.05) is 11.7 Å². The van der Waals surface area contributed by atoms with Crippen LogP contribution in [0, 0.1) is 5.92 Å². The highest BCUT2D eigenvalue weighted by Crippen LogP contribution is 2.34. The summed E-state index contributed by atoms with van der Waals surface area (Å²) in [5.74, 6) is 0.0974. The van der Waals surface area contributed by atoms with Crippen LogP contribution in [0.5, 0.6) is 0 Å². The van der Waals surface area contributed by atoms with Gasteiger partial charge in [-0.2, -0.15) is 13.2 Å². The number of nitrogens with one attached hydrogen (secondary N) is 1. The first-order chi connectivity index (χ1) is 9.81. The van der Waals surface area contributed by atoms with Crippen molar-refractivity contribution in [2.75, 3.05) is 5.73 Å². The summed E-state index contributed by atoms with van der Waals surface area (Å²) in [6, 6.07) is 2.81. The molecule has 21 heavy (non-hydrogen) atoms. The Hall–Kier alpha value is -1.72. The Morgan fingerprint density at radius 1 is 1.43 bits per heavy atom. The van der Waals surface area contributed by atoms with Crippen LogP contribution in [0.3, 0.4) is 0 Å². The van der Waals surface area contributed by atoms with Crippen molar-refractivity contribution in [2.45, 2.75) is 44.8 Å². The van der Waals surface area contributed by atoms with Gasteiger partial charge in [-0.25, -0.2) is 0 Å². The van der Waals surface area contributed by atoms with E-state index in [1.165, 1.54) is 0 Å². The van der Waals surface area contributed by atoms with Crippen molar-refractivity contribution in [1.29, 1.82) is 0 Å². The molecule has 1 aromatic carbocycles. The van der Waals surface area contributed by atoms with E-state index in [0.29, 0.717) is 5.92 Å². The molecule has 1 fully saturated rings. The van der Waals surface area contributed by atoms with Crippen LogP contribution >= 0.6 is 0 Å². The fourth-order valence-electron chi connectivity index (χ4n) is 2.28. The summed E-state index contributed by atoms with van der Waals surface area (Å²) < 4.78 is 38.1. The fraction of sp³-hybridized carbons (Fsp3) is 0.533. The molecular formula is C15H19F3N2O. The molecule has 1 saturated carbocycles. The van der Waals surface area contributed by atoms with Crippen molar-refractivity contribution >= 4 is 11.6 Å². The molecule has 0 radical (unpaired) electrons. The van der Waals surface area contributed by atoms with Gasteiger partial charge in [0.05, 0.1) is 11.1 Å². The zero-order chi connectivity index (χ0) is 15.6. The van der Waals surface area contributed by atoms with Crippen LogP contribution < -0.4 is 11.1 Å². The second kappa shape index (κ2) is 5.95. The predicted molar refractivity (Wildman–Crippen MR) is 74.7 cm³/mol. The summed E-state index contributed by atoms with van der Waals surface area (Å²) in [4.78, 5) is 12.2. The lowest BCUT2D eigenvalue weighted by atomic mass is 10.0. The number of halogens is 3. The maximum Gasteiger partial charge on any atom is 0.416 e. The van der Waals surface area contributed by atoms with Crippen LogP contribution in [-0.2, 0) is 6.18 Å². The summed E-state index contributed by atoms with van der Waals surface area (Å²) in [7, 11) is 0. The van der Waals surface area contributed by atoms with Gasteiger partial charge in [-0.05, 0) is 37.0 Å². The van der Waals surface area contributed by atoms with Crippen molar-refractivity contribution in [3.63, 3.8) is 0 Å². The van der Waals surface area contributed by atoms with Crippen LogP contribution in [0.25, 0.3) is 0 Å². The van der Waals surface area contributed by atoms with E-state index >= 15 is 0 Å². The maximum atomic E-state index is 12.7. The molecule has 1 atom stereocenters. The van der Waals surface area contributed by atoms with E-state index in [1.54, 1.807) is 0 Å². The van der Waals surface area contributed by atoms with Crippen molar-refractivity contribution in [3.05, 3.63) is 29.3 Å². The Bertz CT molecular complexity index is 524. The molecule has 1 unspecified atom stereocenters. The number of rotatable bonds is 5. The maximum absolute atomic E-state index is 12.7. The average Bonchev–Trinajstić information content (AvgIpc) is 3.20. The van der Waals surface area contributed by atoms with Crippen molar-refractivity contribution < 1.29 is 18.0 Å². The third kappa shape index (κ3) is 4.12. The van der Waals surface area contributed by atoms with Crippen LogP contribution in [0.4, 0.5) is 18.9 Å². The monoisotopic (exact) mass is 300 g/mol. The number of amides is 1. The summed E-state index contributed by atoms with van der Waals surface area (Å²) in [5.41, 5.74) is 4.72. The lowest BCUT2D eigenvalue weighted by Gasteiger charge is -2.18. The highest BCUT2D eigenvalue weighted by atomic mass is 19.4. The molecule has 0 heterocycles. The Morgan fingerprint density at radius 2 is 2.10 bits per heavy atom. The molecule has 2 rings (SSSR count). The van der Waals surface area contributed by atoms with Crippen LogP contribution in [0.1, 0.15) is 48.5 Å². The van der Waals surface area contributed by atoms with E-state index in [2.05, 4.69) is 5.32 Å². The Labute approximate surface area is 121 Å². The van der Waals surface area contributed by atoms with E-state index in [4.69, 9.17) is 5.73 Å². The molecule has 0 aromatic heterocycles. The largest absolute Gasteiger partial charge is 0.416 e. The lowest BCUT2D eigenvalue weighted by molar-refractivity contribution is -0.137. The van der Waals surface area contributed by atoms with Crippen LogP contribution in [0.2, 0.25) is 0 Å². The number of anilines is 1. The van der Waals surface area contributed by atoms with Crippen molar-refractivity contribution in [3.8, 4) is 0 Å². The SMILES string of the molecule is CCC(CC1CC1)NC(=O)c1cc(C(F)(F)F)ccc1N. The normalized spacial score (nSPS) is 16.6. The number of nitrogens with two attached hydrogens (primary N) is 1.